The first-order valence-corrected chi connectivity index (χ1v) is 5.04. The van der Waals surface area contributed by atoms with Gasteiger partial charge in [-0.2, -0.15) is 8.42 Å². The van der Waals surface area contributed by atoms with Gasteiger partial charge in [0.15, 0.2) is 0 Å². The maximum atomic E-state index is 10.8. The van der Waals surface area contributed by atoms with Gasteiger partial charge < -0.3 is 5.11 Å². The summed E-state index contributed by atoms with van der Waals surface area (Å²) in [6, 6.07) is 2.54. The van der Waals surface area contributed by atoms with Crippen LogP contribution in [0.2, 0.25) is 0 Å². The molecule has 1 rings (SSSR count). The molecule has 14 heavy (non-hydrogen) atoms. The van der Waals surface area contributed by atoms with Crippen molar-refractivity contribution in [3.63, 3.8) is 0 Å². The zero-order chi connectivity index (χ0) is 10.2. The van der Waals surface area contributed by atoms with Crippen LogP contribution >= 0.6 is 0 Å². The molecule has 0 bridgehead atoms. The molecule has 0 aliphatic heterocycles. The first kappa shape index (κ1) is 13.9. The van der Waals surface area contributed by atoms with E-state index in [1.165, 1.54) is 19.1 Å². The predicted octanol–water partition coefficient (Wildman–Crippen LogP) is 0.607. The third-order valence-corrected chi connectivity index (χ3v) is 2.77. The van der Waals surface area contributed by atoms with Crippen molar-refractivity contribution in [3.05, 3.63) is 23.3 Å². The van der Waals surface area contributed by atoms with Gasteiger partial charge in [0.1, 0.15) is 5.75 Å². The molecule has 0 heterocycles. The zero-order valence-corrected chi connectivity index (χ0v) is 8.09. The first-order valence-electron chi connectivity index (χ1n) is 3.60. The zero-order valence-electron chi connectivity index (χ0n) is 7.27. The van der Waals surface area contributed by atoms with Gasteiger partial charge in [-0.15, -0.1) is 0 Å². The fraction of sp³-hybridized carbons (Fsp3) is 0.250. The van der Waals surface area contributed by atoms with Crippen LogP contribution in [0.5, 0.6) is 5.75 Å². The number of benzene rings is 1. The summed E-state index contributed by atoms with van der Waals surface area (Å²) in [5, 5.41) is 9.21. The van der Waals surface area contributed by atoms with Crippen molar-refractivity contribution in [2.75, 3.05) is 0 Å². The summed E-state index contributed by atoms with van der Waals surface area (Å²) in [6.07, 6.45) is 0. The molecule has 1 aromatic rings. The summed E-state index contributed by atoms with van der Waals surface area (Å²) in [5.41, 5.74) is 0.740. The van der Waals surface area contributed by atoms with Gasteiger partial charge in [-0.25, -0.2) is 0 Å². The third-order valence-electron chi connectivity index (χ3n) is 1.77. The fourth-order valence-corrected chi connectivity index (χ4v) is 1.84. The molecule has 74 valence electrons. The summed E-state index contributed by atoms with van der Waals surface area (Å²) in [6.45, 7) is 3.06. The van der Waals surface area contributed by atoms with E-state index in [4.69, 9.17) is 4.55 Å². The quantitative estimate of drug-likeness (QED) is 0.543. The SMILES string of the molecule is Cc1cc(S(=O)(=O)O)c(C)cc1O.[NaH]. The molecule has 0 spiro atoms. The van der Waals surface area contributed by atoms with E-state index in [9.17, 15) is 13.5 Å². The Kier molecular flexibility index (Phi) is 4.61. The molecule has 0 aromatic heterocycles. The van der Waals surface area contributed by atoms with Gasteiger partial charge in [-0.1, -0.05) is 0 Å². The van der Waals surface area contributed by atoms with Gasteiger partial charge in [0.25, 0.3) is 10.1 Å². The molecule has 0 amide bonds. The Bertz CT molecular complexity index is 439. The average Bonchev–Trinajstić information content (AvgIpc) is 1.94. The molecule has 0 radical (unpaired) electrons. The number of phenolic OH excluding ortho intramolecular Hbond substituents is 1. The number of aromatic hydroxyl groups is 1. The van der Waals surface area contributed by atoms with Crippen LogP contribution in [0.15, 0.2) is 17.0 Å². The van der Waals surface area contributed by atoms with Crippen LogP contribution in [0.4, 0.5) is 0 Å². The molecule has 6 heteroatoms. The molecule has 0 aliphatic rings. The Labute approximate surface area is 105 Å². The van der Waals surface area contributed by atoms with Crippen LogP contribution in [-0.2, 0) is 10.1 Å². The van der Waals surface area contributed by atoms with E-state index in [1.54, 1.807) is 6.92 Å². The van der Waals surface area contributed by atoms with Crippen molar-refractivity contribution >= 4 is 39.7 Å². The van der Waals surface area contributed by atoms with E-state index in [0.29, 0.717) is 11.1 Å². The Balaban J connectivity index is 0.00000169. The van der Waals surface area contributed by atoms with Gasteiger partial charge in [0, 0.05) is 0 Å². The van der Waals surface area contributed by atoms with Gasteiger partial charge in [-0.05, 0) is 37.1 Å². The second-order valence-electron chi connectivity index (χ2n) is 2.88. The van der Waals surface area contributed by atoms with E-state index in [2.05, 4.69) is 0 Å². The van der Waals surface area contributed by atoms with E-state index in [1.807, 2.05) is 0 Å². The molecule has 0 aliphatic carbocycles. The normalized spacial score (nSPS) is 10.8. The van der Waals surface area contributed by atoms with Gasteiger partial charge in [0.05, 0.1) is 4.90 Å². The summed E-state index contributed by atoms with van der Waals surface area (Å²) in [7, 11) is -4.18. The van der Waals surface area contributed by atoms with E-state index < -0.39 is 10.1 Å². The Hall–Kier alpha value is -0.0700. The van der Waals surface area contributed by atoms with Crippen molar-refractivity contribution in [2.24, 2.45) is 0 Å². The summed E-state index contributed by atoms with van der Waals surface area (Å²) >= 11 is 0. The van der Waals surface area contributed by atoms with Gasteiger partial charge in [0.2, 0.25) is 0 Å². The monoisotopic (exact) mass is 226 g/mol. The molecule has 0 saturated heterocycles. The number of phenols is 1. The Morgan fingerprint density at radius 3 is 2.07 bits per heavy atom. The van der Waals surface area contributed by atoms with Crippen LogP contribution in [0.1, 0.15) is 11.1 Å². The Morgan fingerprint density at radius 2 is 1.64 bits per heavy atom. The second-order valence-corrected chi connectivity index (χ2v) is 4.27. The van der Waals surface area contributed by atoms with Crippen LogP contribution in [-0.4, -0.2) is 47.6 Å². The minimum absolute atomic E-state index is 0. The molecule has 2 N–H and O–H groups in total. The van der Waals surface area contributed by atoms with Gasteiger partial charge in [-0.3, -0.25) is 4.55 Å². The number of hydrogen-bond donors (Lipinski definition) is 2. The van der Waals surface area contributed by atoms with E-state index in [-0.39, 0.29) is 40.2 Å². The first-order chi connectivity index (χ1) is 5.82. The fourth-order valence-electron chi connectivity index (χ4n) is 1.05. The minimum atomic E-state index is -4.18. The molecular formula is C8H11NaO4S. The number of aryl methyl sites for hydroxylation is 2. The molecule has 0 atom stereocenters. The number of hydrogen-bond acceptors (Lipinski definition) is 3. The van der Waals surface area contributed by atoms with Crippen molar-refractivity contribution in [3.8, 4) is 5.75 Å². The summed E-state index contributed by atoms with van der Waals surface area (Å²) in [4.78, 5) is -0.164. The maximum absolute atomic E-state index is 10.8. The van der Waals surface area contributed by atoms with E-state index >= 15 is 0 Å². The van der Waals surface area contributed by atoms with E-state index in [0.717, 1.165) is 0 Å². The third kappa shape index (κ3) is 2.96. The van der Waals surface area contributed by atoms with Gasteiger partial charge >= 0.3 is 29.6 Å². The second kappa shape index (κ2) is 4.63. The van der Waals surface area contributed by atoms with Crippen LogP contribution in [0.3, 0.4) is 0 Å². The average molecular weight is 226 g/mol. The van der Waals surface area contributed by atoms with Crippen molar-refractivity contribution < 1.29 is 18.1 Å². The molecule has 0 saturated carbocycles. The molecule has 1 aromatic carbocycles. The summed E-state index contributed by atoms with van der Waals surface area (Å²) in [5.74, 6) is 0.0184. The van der Waals surface area contributed by atoms with Crippen LogP contribution < -0.4 is 0 Å². The molecule has 4 nitrogen and oxygen atoms in total. The predicted molar refractivity (Wildman–Crippen MR) is 54.5 cm³/mol. The standard InChI is InChI=1S/C8H10O4S.Na.H/c1-5-4-8(13(10,11)12)6(2)3-7(5)9;;/h3-4,9H,1-2H3,(H,10,11,12);;. The number of rotatable bonds is 1. The Morgan fingerprint density at radius 1 is 1.14 bits per heavy atom. The topological polar surface area (TPSA) is 74.6 Å². The molecule has 0 unspecified atom stereocenters. The van der Waals surface area contributed by atoms with Crippen molar-refractivity contribution in [2.45, 2.75) is 18.7 Å². The molecular weight excluding hydrogens is 215 g/mol. The van der Waals surface area contributed by atoms with Crippen molar-refractivity contribution in [1.29, 1.82) is 0 Å². The molecule has 0 fully saturated rings. The van der Waals surface area contributed by atoms with Crippen LogP contribution in [0, 0.1) is 13.8 Å². The summed E-state index contributed by atoms with van der Waals surface area (Å²) < 4.78 is 30.4. The van der Waals surface area contributed by atoms with Crippen LogP contribution in [0.25, 0.3) is 0 Å². The van der Waals surface area contributed by atoms with Crippen molar-refractivity contribution in [1.82, 2.24) is 0 Å².